The van der Waals surface area contributed by atoms with E-state index in [0.29, 0.717) is 10.2 Å². The Labute approximate surface area is 128 Å². The summed E-state index contributed by atoms with van der Waals surface area (Å²) in [5, 5.41) is 0. The maximum absolute atomic E-state index is 12.7. The standard InChI is InChI=1S/C15H16BrNO2S/c1-11-8-9-14(12(2)10-11)17(3)20(18,19)15-7-5-4-6-13(15)16/h4-10H,1-3H3. The molecule has 0 amide bonds. The van der Waals surface area contributed by atoms with E-state index < -0.39 is 10.0 Å². The second-order valence-corrected chi connectivity index (χ2v) is 7.48. The number of sulfonamides is 1. The predicted molar refractivity (Wildman–Crippen MR) is 85.6 cm³/mol. The van der Waals surface area contributed by atoms with Crippen molar-refractivity contribution in [1.82, 2.24) is 0 Å². The summed E-state index contributed by atoms with van der Waals surface area (Å²) >= 11 is 3.30. The minimum absolute atomic E-state index is 0.266. The van der Waals surface area contributed by atoms with E-state index in [1.807, 2.05) is 32.0 Å². The van der Waals surface area contributed by atoms with E-state index in [4.69, 9.17) is 0 Å². The van der Waals surface area contributed by atoms with Crippen molar-refractivity contribution < 1.29 is 8.42 Å². The van der Waals surface area contributed by atoms with Crippen molar-refractivity contribution in [2.45, 2.75) is 18.7 Å². The first-order valence-corrected chi connectivity index (χ1v) is 8.38. The average molecular weight is 354 g/mol. The largest absolute Gasteiger partial charge is 0.269 e. The van der Waals surface area contributed by atoms with Gasteiger partial charge in [0, 0.05) is 11.5 Å². The highest BCUT2D eigenvalue weighted by Crippen LogP contribution is 2.29. The Kier molecular flexibility index (Phi) is 4.20. The van der Waals surface area contributed by atoms with Gasteiger partial charge in [-0.25, -0.2) is 8.42 Å². The van der Waals surface area contributed by atoms with Crippen molar-refractivity contribution in [1.29, 1.82) is 0 Å². The second kappa shape index (κ2) is 5.58. The summed E-state index contributed by atoms with van der Waals surface area (Å²) in [5.41, 5.74) is 2.73. The number of aryl methyl sites for hydroxylation is 2. The molecule has 0 saturated heterocycles. The molecule has 3 nitrogen and oxygen atoms in total. The van der Waals surface area contributed by atoms with Crippen LogP contribution in [-0.2, 0) is 10.0 Å². The molecule has 0 saturated carbocycles. The van der Waals surface area contributed by atoms with E-state index in [1.165, 1.54) is 4.31 Å². The van der Waals surface area contributed by atoms with Crippen LogP contribution in [0.4, 0.5) is 5.69 Å². The molecule has 0 atom stereocenters. The molecule has 0 bridgehead atoms. The van der Waals surface area contributed by atoms with Gasteiger partial charge in [-0.1, -0.05) is 29.8 Å². The molecule has 0 unspecified atom stereocenters. The fourth-order valence-electron chi connectivity index (χ4n) is 2.09. The maximum Gasteiger partial charge on any atom is 0.265 e. The zero-order valence-corrected chi connectivity index (χ0v) is 14.0. The van der Waals surface area contributed by atoms with Gasteiger partial charge in [-0.05, 0) is 53.5 Å². The van der Waals surface area contributed by atoms with Gasteiger partial charge in [0.1, 0.15) is 4.90 Å². The summed E-state index contributed by atoms with van der Waals surface area (Å²) in [6, 6.07) is 12.5. The third-order valence-corrected chi connectivity index (χ3v) is 5.95. The van der Waals surface area contributed by atoms with Crippen LogP contribution < -0.4 is 4.31 Å². The van der Waals surface area contributed by atoms with E-state index >= 15 is 0 Å². The molecular formula is C15H16BrNO2S. The Morgan fingerprint density at radius 1 is 1.05 bits per heavy atom. The molecule has 20 heavy (non-hydrogen) atoms. The van der Waals surface area contributed by atoms with Crippen LogP contribution in [0.25, 0.3) is 0 Å². The molecule has 0 aliphatic heterocycles. The lowest BCUT2D eigenvalue weighted by Gasteiger charge is -2.22. The fourth-order valence-corrected chi connectivity index (χ4v) is 4.31. The molecule has 2 rings (SSSR count). The molecule has 2 aromatic rings. The van der Waals surface area contributed by atoms with Crippen molar-refractivity contribution in [3.8, 4) is 0 Å². The van der Waals surface area contributed by atoms with Crippen LogP contribution in [0.2, 0.25) is 0 Å². The lowest BCUT2D eigenvalue weighted by atomic mass is 10.1. The van der Waals surface area contributed by atoms with Gasteiger partial charge in [-0.15, -0.1) is 0 Å². The Balaban J connectivity index is 2.52. The molecule has 0 aliphatic rings. The maximum atomic E-state index is 12.7. The van der Waals surface area contributed by atoms with E-state index in [9.17, 15) is 8.42 Å². The highest BCUT2D eigenvalue weighted by Gasteiger charge is 2.24. The van der Waals surface area contributed by atoms with Crippen LogP contribution in [0, 0.1) is 13.8 Å². The normalized spacial score (nSPS) is 11.4. The highest BCUT2D eigenvalue weighted by molar-refractivity contribution is 9.10. The zero-order chi connectivity index (χ0) is 14.9. The summed E-state index contributed by atoms with van der Waals surface area (Å²) in [4.78, 5) is 0.266. The number of halogens is 1. The molecule has 0 aromatic heterocycles. The molecule has 0 fully saturated rings. The van der Waals surface area contributed by atoms with Gasteiger partial charge in [-0.3, -0.25) is 4.31 Å². The van der Waals surface area contributed by atoms with Crippen molar-refractivity contribution >= 4 is 31.6 Å². The monoisotopic (exact) mass is 353 g/mol. The van der Waals surface area contributed by atoms with Crippen molar-refractivity contribution in [3.63, 3.8) is 0 Å². The number of hydrogen-bond acceptors (Lipinski definition) is 2. The summed E-state index contributed by atoms with van der Waals surface area (Å²) in [7, 11) is -2.00. The van der Waals surface area contributed by atoms with Crippen LogP contribution in [0.5, 0.6) is 0 Å². The first-order chi connectivity index (χ1) is 9.34. The third kappa shape index (κ3) is 2.74. The van der Waals surface area contributed by atoms with Crippen LogP contribution in [0.3, 0.4) is 0 Å². The Morgan fingerprint density at radius 3 is 2.30 bits per heavy atom. The van der Waals surface area contributed by atoms with Gasteiger partial charge >= 0.3 is 0 Å². The van der Waals surface area contributed by atoms with E-state index in [2.05, 4.69) is 15.9 Å². The smallest absolute Gasteiger partial charge is 0.265 e. The SMILES string of the molecule is Cc1ccc(N(C)S(=O)(=O)c2ccccc2Br)c(C)c1. The molecule has 5 heteroatoms. The summed E-state index contributed by atoms with van der Waals surface area (Å²) in [6.45, 7) is 3.90. The summed E-state index contributed by atoms with van der Waals surface area (Å²) in [6.07, 6.45) is 0. The molecule has 106 valence electrons. The van der Waals surface area contributed by atoms with Gasteiger partial charge in [0.05, 0.1) is 5.69 Å². The molecular weight excluding hydrogens is 338 g/mol. The van der Waals surface area contributed by atoms with Crippen LogP contribution in [0.1, 0.15) is 11.1 Å². The van der Waals surface area contributed by atoms with Gasteiger partial charge in [-0.2, -0.15) is 0 Å². The van der Waals surface area contributed by atoms with Gasteiger partial charge < -0.3 is 0 Å². The number of nitrogens with zero attached hydrogens (tertiary/aromatic N) is 1. The third-order valence-electron chi connectivity index (χ3n) is 3.17. The molecule has 0 radical (unpaired) electrons. The molecule has 0 aliphatic carbocycles. The Bertz CT molecular complexity index is 741. The first-order valence-electron chi connectivity index (χ1n) is 6.15. The number of benzene rings is 2. The van der Waals surface area contributed by atoms with Crippen molar-refractivity contribution in [2.24, 2.45) is 0 Å². The van der Waals surface area contributed by atoms with E-state index in [1.54, 1.807) is 31.3 Å². The Hall–Kier alpha value is -1.33. The predicted octanol–water partition coefficient (Wildman–Crippen LogP) is 3.89. The highest BCUT2D eigenvalue weighted by atomic mass is 79.9. The number of hydrogen-bond donors (Lipinski definition) is 0. The second-order valence-electron chi connectivity index (χ2n) is 4.69. The molecule has 2 aromatic carbocycles. The number of rotatable bonds is 3. The van der Waals surface area contributed by atoms with Crippen molar-refractivity contribution in [3.05, 3.63) is 58.1 Å². The minimum Gasteiger partial charge on any atom is -0.269 e. The number of anilines is 1. The zero-order valence-electron chi connectivity index (χ0n) is 11.6. The van der Waals surface area contributed by atoms with Crippen LogP contribution in [0.15, 0.2) is 51.8 Å². The van der Waals surface area contributed by atoms with Gasteiger partial charge in [0.15, 0.2) is 0 Å². The quantitative estimate of drug-likeness (QED) is 0.839. The molecule has 0 N–H and O–H groups in total. The van der Waals surface area contributed by atoms with Crippen LogP contribution in [-0.4, -0.2) is 15.5 Å². The fraction of sp³-hybridized carbons (Fsp3) is 0.200. The van der Waals surface area contributed by atoms with Gasteiger partial charge in [0.25, 0.3) is 10.0 Å². The molecule has 0 spiro atoms. The lowest BCUT2D eigenvalue weighted by Crippen LogP contribution is -2.27. The lowest BCUT2D eigenvalue weighted by molar-refractivity contribution is 0.594. The minimum atomic E-state index is -3.57. The average Bonchev–Trinajstić information content (AvgIpc) is 2.38. The summed E-state index contributed by atoms with van der Waals surface area (Å²) < 4.78 is 27.3. The van der Waals surface area contributed by atoms with E-state index in [0.717, 1.165) is 11.1 Å². The van der Waals surface area contributed by atoms with Crippen molar-refractivity contribution in [2.75, 3.05) is 11.4 Å². The first kappa shape index (κ1) is 15.1. The van der Waals surface area contributed by atoms with Crippen LogP contribution >= 0.6 is 15.9 Å². The molecule has 0 heterocycles. The topological polar surface area (TPSA) is 37.4 Å². The van der Waals surface area contributed by atoms with Gasteiger partial charge in [0.2, 0.25) is 0 Å². The van der Waals surface area contributed by atoms with E-state index in [-0.39, 0.29) is 4.90 Å². The Morgan fingerprint density at radius 2 is 1.70 bits per heavy atom. The summed E-state index contributed by atoms with van der Waals surface area (Å²) in [5.74, 6) is 0.